The lowest BCUT2D eigenvalue weighted by Gasteiger charge is -2.34. The number of hydrogen-bond donors (Lipinski definition) is 0. The van der Waals surface area contributed by atoms with Crippen molar-refractivity contribution in [1.82, 2.24) is 0 Å². The highest BCUT2D eigenvalue weighted by Crippen LogP contribution is 2.31. The summed E-state index contributed by atoms with van der Waals surface area (Å²) in [5.41, 5.74) is 1.02. The number of anilines is 1. The van der Waals surface area contributed by atoms with Crippen molar-refractivity contribution in [1.29, 1.82) is 0 Å². The summed E-state index contributed by atoms with van der Waals surface area (Å²) in [4.78, 5) is 14.2. The summed E-state index contributed by atoms with van der Waals surface area (Å²) < 4.78 is 0. The molecule has 1 amide bonds. The van der Waals surface area contributed by atoms with E-state index < -0.39 is 0 Å². The van der Waals surface area contributed by atoms with E-state index in [1.165, 1.54) is 6.42 Å². The molecular formula is C14H19NO. The maximum atomic E-state index is 12.3. The van der Waals surface area contributed by atoms with Crippen molar-refractivity contribution in [3.63, 3.8) is 0 Å². The van der Waals surface area contributed by atoms with Gasteiger partial charge in [0.15, 0.2) is 0 Å². The van der Waals surface area contributed by atoms with Crippen molar-refractivity contribution in [2.24, 2.45) is 5.92 Å². The summed E-state index contributed by atoms with van der Waals surface area (Å²) in [6, 6.07) is 10.2. The monoisotopic (exact) mass is 217 g/mol. The molecule has 1 aliphatic carbocycles. The number of rotatable bonds is 3. The topological polar surface area (TPSA) is 20.3 Å². The molecule has 1 fully saturated rings. The molecule has 1 aliphatic rings. The van der Waals surface area contributed by atoms with Crippen molar-refractivity contribution in [3.8, 4) is 0 Å². The van der Waals surface area contributed by atoms with Crippen LogP contribution in [0.15, 0.2) is 30.3 Å². The van der Waals surface area contributed by atoms with E-state index >= 15 is 0 Å². The van der Waals surface area contributed by atoms with E-state index in [4.69, 9.17) is 0 Å². The van der Waals surface area contributed by atoms with E-state index in [9.17, 15) is 4.79 Å². The summed E-state index contributed by atoms with van der Waals surface area (Å²) in [5.74, 6) is 0.565. The van der Waals surface area contributed by atoms with Crippen LogP contribution < -0.4 is 4.90 Å². The third kappa shape index (κ3) is 2.11. The number of para-hydroxylation sites is 1. The summed E-state index contributed by atoms with van der Waals surface area (Å²) in [6.45, 7) is 4.15. The van der Waals surface area contributed by atoms with Crippen LogP contribution in [0.4, 0.5) is 5.69 Å². The van der Waals surface area contributed by atoms with Gasteiger partial charge in [-0.25, -0.2) is 0 Å². The van der Waals surface area contributed by atoms with Crippen molar-refractivity contribution in [2.75, 3.05) is 4.90 Å². The molecule has 0 radical (unpaired) electrons. The van der Waals surface area contributed by atoms with Crippen molar-refractivity contribution >= 4 is 11.6 Å². The molecule has 1 aromatic carbocycles. The minimum absolute atomic E-state index is 0.232. The third-order valence-electron chi connectivity index (χ3n) is 3.24. The van der Waals surface area contributed by atoms with E-state index in [2.05, 4.69) is 13.8 Å². The molecule has 2 heteroatoms. The number of amides is 1. The van der Waals surface area contributed by atoms with Crippen molar-refractivity contribution in [2.45, 2.75) is 39.2 Å². The fourth-order valence-corrected chi connectivity index (χ4v) is 2.12. The van der Waals surface area contributed by atoms with Gasteiger partial charge in [0.1, 0.15) is 0 Å². The van der Waals surface area contributed by atoms with Gasteiger partial charge in [0.25, 0.3) is 0 Å². The van der Waals surface area contributed by atoms with Crippen LogP contribution in [0.5, 0.6) is 0 Å². The molecule has 0 saturated heterocycles. The van der Waals surface area contributed by atoms with E-state index in [1.807, 2.05) is 35.2 Å². The van der Waals surface area contributed by atoms with Gasteiger partial charge >= 0.3 is 0 Å². The lowest BCUT2D eigenvalue weighted by molar-refractivity contribution is -0.125. The molecule has 0 bridgehead atoms. The van der Waals surface area contributed by atoms with E-state index in [1.54, 1.807) is 0 Å². The Morgan fingerprint density at radius 3 is 2.31 bits per heavy atom. The Labute approximate surface area is 97.3 Å². The van der Waals surface area contributed by atoms with Gasteiger partial charge in [-0.3, -0.25) is 4.79 Å². The van der Waals surface area contributed by atoms with Crippen LogP contribution in [0.2, 0.25) is 0 Å². The summed E-state index contributed by atoms with van der Waals surface area (Å²) >= 11 is 0. The minimum Gasteiger partial charge on any atom is -0.310 e. The van der Waals surface area contributed by atoms with Gasteiger partial charge in [-0.05, 0) is 38.8 Å². The second-order valence-electron chi connectivity index (χ2n) is 4.77. The normalized spacial score (nSPS) is 15.9. The smallest absolute Gasteiger partial charge is 0.230 e. The zero-order chi connectivity index (χ0) is 11.5. The molecular weight excluding hydrogens is 198 g/mol. The molecule has 0 aromatic heterocycles. The molecule has 0 aliphatic heterocycles. The standard InChI is InChI=1S/C14H19NO/c1-11(2)15(13-9-4-3-5-10-13)14(16)12-7-6-8-12/h3-5,9-12H,6-8H2,1-2H3. The van der Waals surface area contributed by atoms with Crippen LogP contribution in [0.1, 0.15) is 33.1 Å². The molecule has 86 valence electrons. The lowest BCUT2D eigenvalue weighted by atomic mass is 9.84. The number of carbonyl (C=O) groups is 1. The number of nitrogens with zero attached hydrogens (tertiary/aromatic N) is 1. The maximum absolute atomic E-state index is 12.3. The summed E-state index contributed by atoms with van der Waals surface area (Å²) in [6.07, 6.45) is 3.33. The Kier molecular flexibility index (Phi) is 3.28. The first-order valence-corrected chi connectivity index (χ1v) is 6.08. The molecule has 0 heterocycles. The Hall–Kier alpha value is -1.31. The molecule has 0 unspecified atom stereocenters. The van der Waals surface area contributed by atoms with Gasteiger partial charge in [-0.15, -0.1) is 0 Å². The van der Waals surface area contributed by atoms with Crippen molar-refractivity contribution in [3.05, 3.63) is 30.3 Å². The van der Waals surface area contributed by atoms with Crippen LogP contribution in [0, 0.1) is 5.92 Å². The second-order valence-corrected chi connectivity index (χ2v) is 4.77. The summed E-state index contributed by atoms with van der Waals surface area (Å²) in [5, 5.41) is 0. The first-order chi connectivity index (χ1) is 7.70. The maximum Gasteiger partial charge on any atom is 0.230 e. The quantitative estimate of drug-likeness (QED) is 0.761. The Morgan fingerprint density at radius 2 is 1.88 bits per heavy atom. The van der Waals surface area contributed by atoms with Gasteiger partial charge < -0.3 is 4.90 Å². The largest absolute Gasteiger partial charge is 0.310 e. The zero-order valence-electron chi connectivity index (χ0n) is 10.0. The van der Waals surface area contributed by atoms with E-state index in [-0.39, 0.29) is 12.0 Å². The van der Waals surface area contributed by atoms with Gasteiger partial charge in [0, 0.05) is 17.6 Å². The Morgan fingerprint density at radius 1 is 1.25 bits per heavy atom. The van der Waals surface area contributed by atoms with Gasteiger partial charge in [-0.2, -0.15) is 0 Å². The number of carbonyl (C=O) groups excluding carboxylic acids is 1. The molecule has 2 rings (SSSR count). The average molecular weight is 217 g/mol. The number of hydrogen-bond acceptors (Lipinski definition) is 1. The first kappa shape index (κ1) is 11.2. The SMILES string of the molecule is CC(C)N(C(=O)C1CCC1)c1ccccc1. The first-order valence-electron chi connectivity index (χ1n) is 6.08. The summed E-state index contributed by atoms with van der Waals surface area (Å²) in [7, 11) is 0. The molecule has 0 N–H and O–H groups in total. The van der Waals surface area contributed by atoms with Crippen molar-refractivity contribution < 1.29 is 4.79 Å². The van der Waals surface area contributed by atoms with Gasteiger partial charge in [0.2, 0.25) is 5.91 Å². The average Bonchev–Trinajstić information content (AvgIpc) is 2.16. The minimum atomic E-state index is 0.232. The van der Waals surface area contributed by atoms with Crippen LogP contribution in [-0.4, -0.2) is 11.9 Å². The fraction of sp³-hybridized carbons (Fsp3) is 0.500. The van der Waals surface area contributed by atoms with Crippen LogP contribution >= 0.6 is 0 Å². The molecule has 2 nitrogen and oxygen atoms in total. The van der Waals surface area contributed by atoms with Crippen LogP contribution in [-0.2, 0) is 4.79 Å². The highest BCUT2D eigenvalue weighted by molar-refractivity contribution is 5.95. The van der Waals surface area contributed by atoms with E-state index in [0.29, 0.717) is 5.91 Å². The zero-order valence-corrected chi connectivity index (χ0v) is 10.0. The lowest BCUT2D eigenvalue weighted by Crippen LogP contribution is -2.43. The second kappa shape index (κ2) is 4.69. The molecule has 1 saturated carbocycles. The van der Waals surface area contributed by atoms with Gasteiger partial charge in [0.05, 0.1) is 0 Å². The molecule has 16 heavy (non-hydrogen) atoms. The highest BCUT2D eigenvalue weighted by atomic mass is 16.2. The van der Waals surface area contributed by atoms with E-state index in [0.717, 1.165) is 18.5 Å². The highest BCUT2D eigenvalue weighted by Gasteiger charge is 2.31. The molecule has 1 aromatic rings. The fourth-order valence-electron chi connectivity index (χ4n) is 2.12. The predicted molar refractivity (Wildman–Crippen MR) is 66.4 cm³/mol. The Bertz CT molecular complexity index is 354. The van der Waals surface area contributed by atoms with Crippen LogP contribution in [0.25, 0.3) is 0 Å². The Balaban J connectivity index is 2.20. The number of benzene rings is 1. The molecule has 0 atom stereocenters. The van der Waals surface area contributed by atoms with Gasteiger partial charge in [-0.1, -0.05) is 24.6 Å². The molecule has 0 spiro atoms. The third-order valence-corrected chi connectivity index (χ3v) is 3.24. The van der Waals surface area contributed by atoms with Crippen LogP contribution in [0.3, 0.4) is 0 Å². The predicted octanol–water partition coefficient (Wildman–Crippen LogP) is 3.23.